The minimum atomic E-state index is -0.281. The molecule has 0 aliphatic carbocycles. The summed E-state index contributed by atoms with van der Waals surface area (Å²) in [6.07, 6.45) is 1.64. The van der Waals surface area contributed by atoms with E-state index < -0.39 is 0 Å². The fraction of sp³-hybridized carbons (Fsp3) is 0.333. The van der Waals surface area contributed by atoms with Crippen LogP contribution in [-0.4, -0.2) is 24.6 Å². The topological polar surface area (TPSA) is 60.5 Å². The van der Waals surface area contributed by atoms with E-state index in [4.69, 9.17) is 21.1 Å². The first-order valence-corrected chi connectivity index (χ1v) is 8.03. The van der Waals surface area contributed by atoms with Crippen LogP contribution in [0.25, 0.3) is 0 Å². The molecule has 0 saturated carbocycles. The highest BCUT2D eigenvalue weighted by Gasteiger charge is 2.16. The molecule has 0 radical (unpaired) electrons. The highest BCUT2D eigenvalue weighted by molar-refractivity contribution is 6.32. The average molecular weight is 349 g/mol. The number of amides is 1. The second-order valence-corrected chi connectivity index (χ2v) is 6.24. The number of methoxy groups -OCH3 is 1. The molecule has 2 rings (SSSR count). The predicted octanol–water partition coefficient (Wildman–Crippen LogP) is 4.34. The molecule has 0 aliphatic heterocycles. The Morgan fingerprint density at radius 1 is 1.33 bits per heavy atom. The van der Waals surface area contributed by atoms with Gasteiger partial charge in [-0.3, -0.25) is 9.78 Å². The number of carbonyl (C=O) groups excluding carboxylic acids is 1. The van der Waals surface area contributed by atoms with Gasteiger partial charge in [-0.15, -0.1) is 0 Å². The number of pyridine rings is 1. The molecule has 0 unspecified atom stereocenters. The smallest absolute Gasteiger partial charge is 0.255 e. The van der Waals surface area contributed by atoms with E-state index in [0.29, 0.717) is 40.3 Å². The third kappa shape index (κ3) is 4.61. The van der Waals surface area contributed by atoms with E-state index in [2.05, 4.69) is 10.3 Å². The summed E-state index contributed by atoms with van der Waals surface area (Å²) in [5.74, 6) is 0.947. The molecular formula is C18H21ClN2O3. The molecule has 0 saturated heterocycles. The Morgan fingerprint density at radius 3 is 2.71 bits per heavy atom. The molecular weight excluding hydrogens is 328 g/mol. The summed E-state index contributed by atoms with van der Waals surface area (Å²) in [6.45, 7) is 6.45. The van der Waals surface area contributed by atoms with Gasteiger partial charge in [-0.1, -0.05) is 25.4 Å². The maximum absolute atomic E-state index is 12.4. The summed E-state index contributed by atoms with van der Waals surface area (Å²) in [4.78, 5) is 16.5. The van der Waals surface area contributed by atoms with Crippen molar-refractivity contribution in [3.8, 4) is 11.5 Å². The molecule has 2 aromatic rings. The van der Waals surface area contributed by atoms with Crippen molar-refractivity contribution < 1.29 is 14.3 Å². The molecule has 1 amide bonds. The lowest BCUT2D eigenvalue weighted by molar-refractivity contribution is 0.102. The van der Waals surface area contributed by atoms with Crippen molar-refractivity contribution in [1.82, 2.24) is 4.98 Å². The Labute approximate surface area is 147 Å². The van der Waals surface area contributed by atoms with Gasteiger partial charge in [-0.25, -0.2) is 0 Å². The van der Waals surface area contributed by atoms with Crippen LogP contribution in [0.2, 0.25) is 5.02 Å². The van der Waals surface area contributed by atoms with Crippen LogP contribution < -0.4 is 14.8 Å². The second kappa shape index (κ2) is 8.02. The van der Waals surface area contributed by atoms with Crippen molar-refractivity contribution in [2.45, 2.75) is 20.8 Å². The fourth-order valence-corrected chi connectivity index (χ4v) is 2.33. The van der Waals surface area contributed by atoms with E-state index in [-0.39, 0.29) is 5.91 Å². The third-order valence-corrected chi connectivity index (χ3v) is 3.49. The van der Waals surface area contributed by atoms with Crippen LogP contribution in [0.1, 0.15) is 29.9 Å². The molecule has 0 bridgehead atoms. The van der Waals surface area contributed by atoms with Crippen molar-refractivity contribution in [2.75, 3.05) is 19.0 Å². The molecule has 128 valence electrons. The first-order chi connectivity index (χ1) is 11.4. The van der Waals surface area contributed by atoms with Crippen LogP contribution in [0.4, 0.5) is 5.69 Å². The maximum atomic E-state index is 12.4. The van der Waals surface area contributed by atoms with Crippen LogP contribution in [0.15, 0.2) is 30.5 Å². The van der Waals surface area contributed by atoms with Gasteiger partial charge >= 0.3 is 0 Å². The molecule has 0 fully saturated rings. The Balaban J connectivity index is 2.24. The molecule has 24 heavy (non-hydrogen) atoms. The molecule has 6 heteroatoms. The average Bonchev–Trinajstić information content (AvgIpc) is 2.52. The normalized spacial score (nSPS) is 10.6. The Kier molecular flexibility index (Phi) is 6.04. The number of benzene rings is 1. The number of hydrogen-bond acceptors (Lipinski definition) is 4. The van der Waals surface area contributed by atoms with E-state index in [9.17, 15) is 4.79 Å². The van der Waals surface area contributed by atoms with E-state index in [0.717, 1.165) is 5.69 Å². The lowest BCUT2D eigenvalue weighted by atomic mass is 10.1. The first-order valence-electron chi connectivity index (χ1n) is 7.65. The molecule has 1 aromatic heterocycles. The number of halogens is 1. The second-order valence-electron chi connectivity index (χ2n) is 5.83. The summed E-state index contributed by atoms with van der Waals surface area (Å²) < 4.78 is 11.0. The van der Waals surface area contributed by atoms with Crippen molar-refractivity contribution in [3.63, 3.8) is 0 Å². The molecule has 1 heterocycles. The van der Waals surface area contributed by atoms with Crippen LogP contribution in [0.5, 0.6) is 11.5 Å². The van der Waals surface area contributed by atoms with Crippen molar-refractivity contribution >= 4 is 23.2 Å². The lowest BCUT2D eigenvalue weighted by Gasteiger charge is -2.15. The third-order valence-electron chi connectivity index (χ3n) is 3.21. The number of hydrogen-bond donors (Lipinski definition) is 1. The summed E-state index contributed by atoms with van der Waals surface area (Å²) in [5.41, 5.74) is 1.88. The molecule has 1 N–H and O–H groups in total. The minimum absolute atomic E-state index is 0.281. The van der Waals surface area contributed by atoms with Gasteiger partial charge in [0.1, 0.15) is 0 Å². The number of anilines is 1. The zero-order chi connectivity index (χ0) is 17.7. The number of nitrogens with one attached hydrogen (secondary N) is 1. The zero-order valence-corrected chi connectivity index (χ0v) is 15.0. The Morgan fingerprint density at radius 2 is 2.08 bits per heavy atom. The maximum Gasteiger partial charge on any atom is 0.255 e. The van der Waals surface area contributed by atoms with Crippen LogP contribution in [-0.2, 0) is 0 Å². The number of nitrogens with zero attached hydrogens (tertiary/aromatic N) is 1. The van der Waals surface area contributed by atoms with Crippen molar-refractivity contribution in [3.05, 3.63) is 46.7 Å². The van der Waals surface area contributed by atoms with Gasteiger partial charge in [-0.2, -0.15) is 0 Å². The molecule has 0 atom stereocenters. The highest BCUT2D eigenvalue weighted by Crippen LogP contribution is 2.36. The summed E-state index contributed by atoms with van der Waals surface area (Å²) in [6, 6.07) is 6.70. The predicted molar refractivity (Wildman–Crippen MR) is 95.3 cm³/mol. The van der Waals surface area contributed by atoms with Crippen LogP contribution in [0, 0.1) is 12.8 Å². The summed E-state index contributed by atoms with van der Waals surface area (Å²) in [7, 11) is 1.52. The lowest BCUT2D eigenvalue weighted by Crippen LogP contribution is -2.13. The van der Waals surface area contributed by atoms with Gasteiger partial charge in [0.2, 0.25) is 0 Å². The van der Waals surface area contributed by atoms with Gasteiger partial charge in [0.15, 0.2) is 11.5 Å². The van der Waals surface area contributed by atoms with E-state index >= 15 is 0 Å². The minimum Gasteiger partial charge on any atom is -0.493 e. The van der Waals surface area contributed by atoms with Crippen LogP contribution in [0.3, 0.4) is 0 Å². The highest BCUT2D eigenvalue weighted by atomic mass is 35.5. The molecule has 0 spiro atoms. The van der Waals surface area contributed by atoms with Gasteiger partial charge in [0.05, 0.1) is 18.7 Å². The molecule has 1 aromatic carbocycles. The molecule has 0 aliphatic rings. The standard InChI is InChI=1S/C18H21ClN2O3/c1-11(2)10-24-17-15(19)8-13(9-16(17)23-4)18(22)21-14-5-6-20-12(3)7-14/h5-9,11H,10H2,1-4H3,(H,20,21,22). The van der Waals surface area contributed by atoms with Gasteiger partial charge in [0, 0.05) is 23.1 Å². The van der Waals surface area contributed by atoms with E-state index in [1.165, 1.54) is 7.11 Å². The Bertz CT molecular complexity index is 732. The SMILES string of the molecule is COc1cc(C(=O)Nc2ccnc(C)c2)cc(Cl)c1OCC(C)C. The van der Waals surface area contributed by atoms with Gasteiger partial charge in [-0.05, 0) is 37.1 Å². The summed E-state index contributed by atoms with van der Waals surface area (Å²) >= 11 is 6.27. The van der Waals surface area contributed by atoms with Gasteiger partial charge in [0.25, 0.3) is 5.91 Å². The van der Waals surface area contributed by atoms with Crippen molar-refractivity contribution in [2.24, 2.45) is 5.92 Å². The van der Waals surface area contributed by atoms with Gasteiger partial charge < -0.3 is 14.8 Å². The number of aromatic nitrogens is 1. The Hall–Kier alpha value is -2.27. The van der Waals surface area contributed by atoms with E-state index in [1.54, 1.807) is 30.5 Å². The summed E-state index contributed by atoms with van der Waals surface area (Å²) in [5, 5.41) is 3.15. The van der Waals surface area contributed by atoms with Crippen molar-refractivity contribution in [1.29, 1.82) is 0 Å². The molecule has 5 nitrogen and oxygen atoms in total. The largest absolute Gasteiger partial charge is 0.493 e. The monoisotopic (exact) mass is 348 g/mol. The number of ether oxygens (including phenoxy) is 2. The van der Waals surface area contributed by atoms with E-state index in [1.807, 2.05) is 20.8 Å². The quantitative estimate of drug-likeness (QED) is 0.843. The van der Waals surface area contributed by atoms with Crippen LogP contribution >= 0.6 is 11.6 Å². The number of aryl methyl sites for hydroxylation is 1. The first kappa shape index (κ1) is 18.1. The number of carbonyl (C=O) groups is 1. The fourth-order valence-electron chi connectivity index (χ4n) is 2.07. The number of rotatable bonds is 6. The zero-order valence-electron chi connectivity index (χ0n) is 14.2.